The Morgan fingerprint density at radius 3 is 2.87 bits per heavy atom. The Labute approximate surface area is 95.5 Å². The second-order valence-electron chi connectivity index (χ2n) is 3.53. The van der Waals surface area contributed by atoms with E-state index >= 15 is 0 Å². The number of unbranched alkanes of at least 4 members (excludes halogenated alkanes) is 2. The largest absolute Gasteiger partial charge is 0.368 e. The van der Waals surface area contributed by atoms with Crippen molar-refractivity contribution >= 4 is 23.4 Å². The van der Waals surface area contributed by atoms with Crippen LogP contribution in [-0.4, -0.2) is 23.6 Å². The van der Waals surface area contributed by atoms with Crippen LogP contribution in [-0.2, 0) is 0 Å². The summed E-state index contributed by atoms with van der Waals surface area (Å²) in [6.07, 6.45) is 5.08. The van der Waals surface area contributed by atoms with E-state index in [1.54, 1.807) is 0 Å². The molecule has 0 aromatic carbocycles. The van der Waals surface area contributed by atoms with Gasteiger partial charge in [-0.2, -0.15) is 4.98 Å². The molecule has 2 N–H and O–H groups in total. The van der Waals surface area contributed by atoms with Crippen molar-refractivity contribution in [3.63, 3.8) is 0 Å². The number of hydrogen-bond donors (Lipinski definition) is 1. The molecule has 0 fully saturated rings. The first-order valence-corrected chi connectivity index (χ1v) is 5.52. The van der Waals surface area contributed by atoms with Gasteiger partial charge >= 0.3 is 0 Å². The zero-order chi connectivity index (χ0) is 11.3. The molecule has 5 heteroatoms. The summed E-state index contributed by atoms with van der Waals surface area (Å²) in [5.74, 6) is 0.969. The fourth-order valence-corrected chi connectivity index (χ4v) is 1.58. The number of anilines is 2. The number of rotatable bonds is 5. The van der Waals surface area contributed by atoms with E-state index < -0.39 is 0 Å². The van der Waals surface area contributed by atoms with Crippen LogP contribution in [0, 0.1) is 0 Å². The first kappa shape index (κ1) is 12.0. The number of hydrogen-bond acceptors (Lipinski definition) is 4. The van der Waals surface area contributed by atoms with Crippen molar-refractivity contribution in [2.75, 3.05) is 24.2 Å². The van der Waals surface area contributed by atoms with Crippen molar-refractivity contribution in [2.24, 2.45) is 0 Å². The van der Waals surface area contributed by atoms with E-state index in [2.05, 4.69) is 16.9 Å². The smallest absolute Gasteiger partial charge is 0.222 e. The number of aromatic nitrogens is 2. The number of nitrogens with zero attached hydrogens (tertiary/aromatic N) is 3. The molecule has 0 aliphatic rings. The summed E-state index contributed by atoms with van der Waals surface area (Å²) >= 11 is 5.98. The summed E-state index contributed by atoms with van der Waals surface area (Å²) in [6.45, 7) is 3.11. The van der Waals surface area contributed by atoms with Gasteiger partial charge in [-0.15, -0.1) is 0 Å². The van der Waals surface area contributed by atoms with Crippen molar-refractivity contribution in [2.45, 2.75) is 26.2 Å². The third-order valence-corrected chi connectivity index (χ3v) is 2.47. The highest BCUT2D eigenvalue weighted by molar-refractivity contribution is 6.32. The fraction of sp³-hybridized carbons (Fsp3) is 0.600. The van der Waals surface area contributed by atoms with E-state index in [1.807, 2.05) is 11.9 Å². The molecule has 0 radical (unpaired) electrons. The molecular formula is C10H17ClN4. The molecular weight excluding hydrogens is 212 g/mol. The average molecular weight is 229 g/mol. The lowest BCUT2D eigenvalue weighted by Crippen LogP contribution is -2.20. The van der Waals surface area contributed by atoms with Crippen molar-refractivity contribution in [3.05, 3.63) is 11.2 Å². The number of nitrogens with two attached hydrogens (primary N) is 1. The quantitative estimate of drug-likeness (QED) is 0.786. The lowest BCUT2D eigenvalue weighted by Gasteiger charge is -2.18. The lowest BCUT2D eigenvalue weighted by atomic mass is 10.2. The van der Waals surface area contributed by atoms with Gasteiger partial charge in [0.15, 0.2) is 5.82 Å². The molecule has 1 aromatic heterocycles. The van der Waals surface area contributed by atoms with Gasteiger partial charge in [-0.3, -0.25) is 0 Å². The van der Waals surface area contributed by atoms with E-state index in [-0.39, 0.29) is 5.95 Å². The van der Waals surface area contributed by atoms with Gasteiger partial charge in [-0.1, -0.05) is 31.4 Å². The summed E-state index contributed by atoms with van der Waals surface area (Å²) in [6, 6.07) is 0. The summed E-state index contributed by atoms with van der Waals surface area (Å²) < 4.78 is 0. The molecule has 0 amide bonds. The minimum atomic E-state index is 0.261. The number of nitrogen functional groups attached to an aromatic ring is 1. The molecule has 0 bridgehead atoms. The molecule has 0 aliphatic heterocycles. The van der Waals surface area contributed by atoms with Crippen LogP contribution in [0.5, 0.6) is 0 Å². The van der Waals surface area contributed by atoms with Crippen molar-refractivity contribution < 1.29 is 0 Å². The molecule has 0 saturated carbocycles. The summed E-state index contributed by atoms with van der Waals surface area (Å²) in [5.41, 5.74) is 5.51. The van der Waals surface area contributed by atoms with E-state index in [4.69, 9.17) is 17.3 Å². The Hall–Kier alpha value is -1.03. The molecule has 0 spiro atoms. The van der Waals surface area contributed by atoms with Crippen LogP contribution < -0.4 is 10.6 Å². The van der Waals surface area contributed by atoms with Crippen molar-refractivity contribution in [1.82, 2.24) is 9.97 Å². The molecule has 4 nitrogen and oxygen atoms in total. The average Bonchev–Trinajstić information content (AvgIpc) is 2.22. The van der Waals surface area contributed by atoms with Crippen LogP contribution in [0.1, 0.15) is 26.2 Å². The van der Waals surface area contributed by atoms with Crippen LogP contribution in [0.15, 0.2) is 6.20 Å². The van der Waals surface area contributed by atoms with Gasteiger partial charge < -0.3 is 10.6 Å². The minimum absolute atomic E-state index is 0.261. The summed E-state index contributed by atoms with van der Waals surface area (Å²) in [4.78, 5) is 9.95. The standard InChI is InChI=1S/C10H17ClN4/c1-3-4-5-6-15(2)9-8(11)7-13-10(12)14-9/h7H,3-6H2,1-2H3,(H2,12,13,14). The Balaban J connectivity index is 2.64. The monoisotopic (exact) mass is 228 g/mol. The zero-order valence-corrected chi connectivity index (χ0v) is 9.96. The normalized spacial score (nSPS) is 10.3. The molecule has 1 heterocycles. The van der Waals surface area contributed by atoms with Gasteiger partial charge in [0.25, 0.3) is 0 Å². The molecule has 1 rings (SSSR count). The maximum absolute atomic E-state index is 5.98. The predicted octanol–water partition coefficient (Wildman–Crippen LogP) is 2.34. The van der Waals surface area contributed by atoms with Crippen LogP contribution in [0.3, 0.4) is 0 Å². The minimum Gasteiger partial charge on any atom is -0.368 e. The van der Waals surface area contributed by atoms with Crippen LogP contribution in [0.4, 0.5) is 11.8 Å². The Bertz CT molecular complexity index is 316. The molecule has 15 heavy (non-hydrogen) atoms. The summed E-state index contributed by atoms with van der Waals surface area (Å²) in [5, 5.41) is 0.545. The maximum atomic E-state index is 5.98. The van der Waals surface area contributed by atoms with Crippen LogP contribution in [0.25, 0.3) is 0 Å². The zero-order valence-electron chi connectivity index (χ0n) is 9.20. The Morgan fingerprint density at radius 1 is 1.47 bits per heavy atom. The van der Waals surface area contributed by atoms with Crippen LogP contribution in [0.2, 0.25) is 5.02 Å². The van der Waals surface area contributed by atoms with Crippen LogP contribution >= 0.6 is 11.6 Å². The highest BCUT2D eigenvalue weighted by Gasteiger charge is 2.08. The van der Waals surface area contributed by atoms with E-state index in [1.165, 1.54) is 19.0 Å². The second kappa shape index (κ2) is 5.75. The molecule has 84 valence electrons. The Morgan fingerprint density at radius 2 is 2.20 bits per heavy atom. The second-order valence-corrected chi connectivity index (χ2v) is 3.94. The molecule has 0 unspecified atom stereocenters. The van der Waals surface area contributed by atoms with Gasteiger partial charge in [0, 0.05) is 13.6 Å². The fourth-order valence-electron chi connectivity index (χ4n) is 1.34. The third-order valence-electron chi connectivity index (χ3n) is 2.20. The van der Waals surface area contributed by atoms with E-state index in [0.717, 1.165) is 13.0 Å². The third kappa shape index (κ3) is 3.55. The van der Waals surface area contributed by atoms with E-state index in [0.29, 0.717) is 10.8 Å². The molecule has 1 aromatic rings. The van der Waals surface area contributed by atoms with Gasteiger partial charge in [0.2, 0.25) is 5.95 Å². The Kier molecular flexibility index (Phi) is 4.62. The molecule has 0 saturated heterocycles. The highest BCUT2D eigenvalue weighted by Crippen LogP contribution is 2.22. The number of halogens is 1. The predicted molar refractivity (Wildman–Crippen MR) is 64.2 cm³/mol. The first-order valence-electron chi connectivity index (χ1n) is 5.14. The van der Waals surface area contributed by atoms with Crippen molar-refractivity contribution in [1.29, 1.82) is 0 Å². The topological polar surface area (TPSA) is 55.0 Å². The first-order chi connectivity index (χ1) is 7.15. The summed E-state index contributed by atoms with van der Waals surface area (Å²) in [7, 11) is 1.96. The highest BCUT2D eigenvalue weighted by atomic mass is 35.5. The van der Waals surface area contributed by atoms with E-state index in [9.17, 15) is 0 Å². The SMILES string of the molecule is CCCCCN(C)c1nc(N)ncc1Cl. The maximum Gasteiger partial charge on any atom is 0.222 e. The lowest BCUT2D eigenvalue weighted by molar-refractivity contribution is 0.701. The van der Waals surface area contributed by atoms with Gasteiger partial charge in [-0.25, -0.2) is 4.98 Å². The van der Waals surface area contributed by atoms with Gasteiger partial charge in [0.05, 0.1) is 6.20 Å². The van der Waals surface area contributed by atoms with Gasteiger partial charge in [0.1, 0.15) is 5.02 Å². The van der Waals surface area contributed by atoms with Gasteiger partial charge in [-0.05, 0) is 6.42 Å². The molecule has 0 aliphatic carbocycles. The van der Waals surface area contributed by atoms with Crippen molar-refractivity contribution in [3.8, 4) is 0 Å². The molecule has 0 atom stereocenters.